The van der Waals surface area contributed by atoms with Crippen molar-refractivity contribution >= 4 is 23.4 Å². The highest BCUT2D eigenvalue weighted by Gasteiger charge is 2.10. The molecule has 1 unspecified atom stereocenters. The minimum atomic E-state index is -0.615. The van der Waals surface area contributed by atoms with E-state index < -0.39 is 6.10 Å². The third kappa shape index (κ3) is 5.57. The molecule has 3 rings (SSSR count). The summed E-state index contributed by atoms with van der Waals surface area (Å²) in [5, 5.41) is 13.6. The highest BCUT2D eigenvalue weighted by atomic mass is 35.5. The van der Waals surface area contributed by atoms with Crippen molar-refractivity contribution in [3.63, 3.8) is 0 Å². The molecule has 2 N–H and O–H groups in total. The summed E-state index contributed by atoms with van der Waals surface area (Å²) < 4.78 is 11.5. The van der Waals surface area contributed by atoms with Crippen LogP contribution >= 0.6 is 12.4 Å². The summed E-state index contributed by atoms with van der Waals surface area (Å²) in [6.07, 6.45) is -0.615. The topological polar surface area (TPSA) is 71.7 Å². The first-order chi connectivity index (χ1) is 12.5. The second-order valence-electron chi connectivity index (χ2n) is 6.53. The molecule has 3 aromatic rings. The molecule has 0 saturated carbocycles. The van der Waals surface area contributed by atoms with E-state index in [1.54, 1.807) is 18.2 Å². The summed E-state index contributed by atoms with van der Waals surface area (Å²) in [5.41, 5.74) is 1.20. The molecule has 1 aromatic heterocycles. The second-order valence-corrected chi connectivity index (χ2v) is 6.53. The Bertz CT molecular complexity index is 924. The van der Waals surface area contributed by atoms with E-state index in [0.29, 0.717) is 35.1 Å². The molecule has 6 heteroatoms. The van der Waals surface area contributed by atoms with E-state index in [-0.39, 0.29) is 24.4 Å². The van der Waals surface area contributed by atoms with Gasteiger partial charge in [0.1, 0.15) is 29.8 Å². The Kier molecular flexibility index (Phi) is 7.42. The van der Waals surface area contributed by atoms with E-state index in [9.17, 15) is 9.90 Å². The van der Waals surface area contributed by atoms with E-state index in [0.717, 1.165) is 5.56 Å². The molecule has 0 aliphatic heterocycles. The Balaban J connectivity index is 0.00000261. The van der Waals surface area contributed by atoms with Gasteiger partial charge in [0.25, 0.3) is 0 Å². The zero-order valence-electron chi connectivity index (χ0n) is 15.3. The van der Waals surface area contributed by atoms with Crippen LogP contribution < -0.4 is 15.5 Å². The Morgan fingerprint density at radius 2 is 1.85 bits per heavy atom. The van der Waals surface area contributed by atoms with Gasteiger partial charge in [-0.3, -0.25) is 4.79 Å². The maximum atomic E-state index is 12.4. The van der Waals surface area contributed by atoms with Crippen LogP contribution in [0.1, 0.15) is 13.8 Å². The zero-order valence-corrected chi connectivity index (χ0v) is 16.2. The standard InChI is InChI=1S/C21H23NO4.ClH/c1-14(2)22-12-16(23)13-25-17-8-9-18-19(24)11-20(26-21(18)10-17)15-6-4-3-5-7-15;/h3-11,14,16,22-23H,12-13H2,1-2H3;1H. The molecule has 0 fully saturated rings. The van der Waals surface area contributed by atoms with E-state index in [2.05, 4.69) is 5.32 Å². The number of ether oxygens (including phenoxy) is 1. The van der Waals surface area contributed by atoms with Crippen LogP contribution in [0.4, 0.5) is 0 Å². The fourth-order valence-electron chi connectivity index (χ4n) is 2.59. The van der Waals surface area contributed by atoms with Gasteiger partial charge in [0, 0.05) is 30.3 Å². The van der Waals surface area contributed by atoms with Gasteiger partial charge in [0.2, 0.25) is 0 Å². The Morgan fingerprint density at radius 1 is 1.11 bits per heavy atom. The lowest BCUT2D eigenvalue weighted by molar-refractivity contribution is 0.104. The number of nitrogens with one attached hydrogen (secondary N) is 1. The van der Waals surface area contributed by atoms with Crippen molar-refractivity contribution in [1.82, 2.24) is 5.32 Å². The first-order valence-electron chi connectivity index (χ1n) is 8.70. The van der Waals surface area contributed by atoms with E-state index >= 15 is 0 Å². The van der Waals surface area contributed by atoms with Crippen LogP contribution in [0.2, 0.25) is 0 Å². The number of aliphatic hydroxyl groups excluding tert-OH is 1. The summed E-state index contributed by atoms with van der Waals surface area (Å²) in [5.74, 6) is 1.07. The molecule has 0 spiro atoms. The minimum absolute atomic E-state index is 0. The fourth-order valence-corrected chi connectivity index (χ4v) is 2.59. The van der Waals surface area contributed by atoms with Crippen LogP contribution in [0.3, 0.4) is 0 Å². The fraction of sp³-hybridized carbons (Fsp3) is 0.286. The maximum absolute atomic E-state index is 12.4. The number of halogens is 1. The third-order valence-corrected chi connectivity index (χ3v) is 3.96. The summed E-state index contributed by atoms with van der Waals surface area (Å²) in [4.78, 5) is 12.4. The minimum Gasteiger partial charge on any atom is -0.491 e. The molecule has 0 aliphatic carbocycles. The van der Waals surface area contributed by atoms with Crippen LogP contribution in [0, 0.1) is 0 Å². The average molecular weight is 390 g/mol. The van der Waals surface area contributed by atoms with Gasteiger partial charge in [-0.15, -0.1) is 12.4 Å². The molecular formula is C21H24ClNO4. The zero-order chi connectivity index (χ0) is 18.5. The number of hydrogen-bond donors (Lipinski definition) is 2. The largest absolute Gasteiger partial charge is 0.491 e. The summed E-state index contributed by atoms with van der Waals surface area (Å²) in [7, 11) is 0. The van der Waals surface area contributed by atoms with Crippen molar-refractivity contribution in [2.75, 3.05) is 13.2 Å². The third-order valence-electron chi connectivity index (χ3n) is 3.96. The number of hydrogen-bond acceptors (Lipinski definition) is 5. The molecule has 0 bridgehead atoms. The Hall–Kier alpha value is -2.34. The molecule has 1 atom stereocenters. The molecular weight excluding hydrogens is 366 g/mol. The van der Waals surface area contributed by atoms with Crippen molar-refractivity contribution in [3.8, 4) is 17.1 Å². The summed E-state index contributed by atoms with van der Waals surface area (Å²) in [6.45, 7) is 4.65. The average Bonchev–Trinajstić information content (AvgIpc) is 2.65. The van der Waals surface area contributed by atoms with Crippen LogP contribution in [0.5, 0.6) is 5.75 Å². The normalized spacial score (nSPS) is 12.0. The van der Waals surface area contributed by atoms with Gasteiger partial charge in [-0.05, 0) is 12.1 Å². The molecule has 144 valence electrons. The number of rotatable bonds is 7. The van der Waals surface area contributed by atoms with Crippen LogP contribution in [-0.4, -0.2) is 30.4 Å². The number of benzene rings is 2. The summed E-state index contributed by atoms with van der Waals surface area (Å²) >= 11 is 0. The molecule has 5 nitrogen and oxygen atoms in total. The molecule has 0 amide bonds. The SMILES string of the molecule is CC(C)NCC(O)COc1ccc2c(=O)cc(-c3ccccc3)oc2c1.Cl. The van der Waals surface area contributed by atoms with Crippen LogP contribution in [-0.2, 0) is 0 Å². The van der Waals surface area contributed by atoms with E-state index in [1.807, 2.05) is 44.2 Å². The van der Waals surface area contributed by atoms with E-state index in [4.69, 9.17) is 9.15 Å². The Morgan fingerprint density at radius 3 is 2.56 bits per heavy atom. The van der Waals surface area contributed by atoms with Gasteiger partial charge in [0.05, 0.1) is 5.39 Å². The molecule has 2 aromatic carbocycles. The summed E-state index contributed by atoms with van der Waals surface area (Å²) in [6, 6.07) is 16.4. The predicted octanol–water partition coefficient (Wildman–Crippen LogP) is 3.62. The van der Waals surface area contributed by atoms with Crippen molar-refractivity contribution in [1.29, 1.82) is 0 Å². The smallest absolute Gasteiger partial charge is 0.193 e. The lowest BCUT2D eigenvalue weighted by Crippen LogP contribution is -2.35. The van der Waals surface area contributed by atoms with Gasteiger partial charge in [-0.2, -0.15) is 0 Å². The molecule has 0 saturated heterocycles. The highest BCUT2D eigenvalue weighted by molar-refractivity contribution is 5.85. The van der Waals surface area contributed by atoms with Crippen molar-refractivity contribution in [2.45, 2.75) is 26.0 Å². The molecule has 0 aliphatic rings. The molecule has 1 heterocycles. The first kappa shape index (κ1) is 21.0. The van der Waals surface area contributed by atoms with Gasteiger partial charge in [0.15, 0.2) is 5.43 Å². The van der Waals surface area contributed by atoms with Gasteiger partial charge < -0.3 is 19.6 Å². The molecule has 27 heavy (non-hydrogen) atoms. The van der Waals surface area contributed by atoms with Gasteiger partial charge in [-0.25, -0.2) is 0 Å². The van der Waals surface area contributed by atoms with Gasteiger partial charge in [-0.1, -0.05) is 44.2 Å². The van der Waals surface area contributed by atoms with Gasteiger partial charge >= 0.3 is 0 Å². The maximum Gasteiger partial charge on any atom is 0.193 e. The highest BCUT2D eigenvalue weighted by Crippen LogP contribution is 2.24. The quantitative estimate of drug-likeness (QED) is 0.645. The monoisotopic (exact) mass is 389 g/mol. The molecule has 0 radical (unpaired) electrons. The lowest BCUT2D eigenvalue weighted by Gasteiger charge is -2.15. The number of aliphatic hydroxyl groups is 1. The Labute approximate surface area is 164 Å². The van der Waals surface area contributed by atoms with Crippen LogP contribution in [0.15, 0.2) is 63.8 Å². The first-order valence-corrected chi connectivity index (χ1v) is 8.70. The van der Waals surface area contributed by atoms with Crippen molar-refractivity contribution in [3.05, 3.63) is 64.8 Å². The number of fused-ring (bicyclic) bond motifs is 1. The lowest BCUT2D eigenvalue weighted by atomic mass is 10.1. The van der Waals surface area contributed by atoms with Crippen molar-refractivity contribution < 1.29 is 14.3 Å². The second kappa shape index (κ2) is 9.55. The van der Waals surface area contributed by atoms with Crippen LogP contribution in [0.25, 0.3) is 22.3 Å². The van der Waals surface area contributed by atoms with Crippen molar-refractivity contribution in [2.24, 2.45) is 0 Å². The van der Waals surface area contributed by atoms with E-state index in [1.165, 1.54) is 6.07 Å². The predicted molar refractivity (Wildman–Crippen MR) is 110 cm³/mol.